The number of Topliss-reactive ketones (excluding diaryl/α,β-unsaturated/α-hetero) is 2. The van der Waals surface area contributed by atoms with Gasteiger partial charge in [0.1, 0.15) is 11.6 Å². The van der Waals surface area contributed by atoms with Crippen LogP contribution in [0.4, 0.5) is 5.82 Å². The van der Waals surface area contributed by atoms with Crippen LogP contribution in [0, 0.1) is 0 Å². The molecule has 43 heavy (non-hydrogen) atoms. The smallest absolute Gasteiger partial charge is 0.303 e. The van der Waals surface area contributed by atoms with Crippen LogP contribution in [-0.4, -0.2) is 52.8 Å². The molecule has 0 saturated carbocycles. The maximum absolute atomic E-state index is 11.8. The summed E-state index contributed by atoms with van der Waals surface area (Å²) in [7, 11) is 1.98. The maximum atomic E-state index is 11.8. The topological polar surface area (TPSA) is 110 Å². The van der Waals surface area contributed by atoms with Crippen molar-refractivity contribution < 1.29 is 24.2 Å². The third-order valence-corrected chi connectivity index (χ3v) is 7.93. The number of hydrogen-bond acceptors (Lipinski definition) is 7. The van der Waals surface area contributed by atoms with Crippen LogP contribution in [0.3, 0.4) is 0 Å². The van der Waals surface area contributed by atoms with Gasteiger partial charge in [-0.3, -0.25) is 14.4 Å². The number of hydrogen-bond donors (Lipinski definition) is 1. The van der Waals surface area contributed by atoms with Gasteiger partial charge in [-0.15, -0.1) is 0 Å². The Balaban J connectivity index is 1.31. The summed E-state index contributed by atoms with van der Waals surface area (Å²) in [5.41, 5.74) is 6.12. The molecule has 5 rings (SSSR count). The van der Waals surface area contributed by atoms with E-state index in [0.717, 1.165) is 53.1 Å². The van der Waals surface area contributed by atoms with Gasteiger partial charge < -0.3 is 14.7 Å². The second kappa shape index (κ2) is 13.0. The minimum absolute atomic E-state index is 0.00161. The Hall–Kier alpha value is -4.85. The number of aryl methyl sites for hydroxylation is 1. The lowest BCUT2D eigenvalue weighted by Crippen LogP contribution is -2.22. The van der Waals surface area contributed by atoms with Crippen LogP contribution in [0.25, 0.3) is 22.5 Å². The minimum atomic E-state index is -0.764. The summed E-state index contributed by atoms with van der Waals surface area (Å²) < 4.78 is 6.07. The molecule has 1 atom stereocenters. The van der Waals surface area contributed by atoms with Crippen LogP contribution in [0.1, 0.15) is 70.9 Å². The first-order valence-electron chi connectivity index (χ1n) is 14.5. The fourth-order valence-electron chi connectivity index (χ4n) is 5.54. The van der Waals surface area contributed by atoms with Crippen molar-refractivity contribution in [1.82, 2.24) is 9.97 Å². The van der Waals surface area contributed by atoms with Crippen LogP contribution in [0.15, 0.2) is 72.9 Å². The number of aliphatic carboxylic acids is 1. The first-order valence-corrected chi connectivity index (χ1v) is 14.5. The summed E-state index contributed by atoms with van der Waals surface area (Å²) in [5, 5.41) is 9.18. The molecule has 1 aliphatic rings. The van der Waals surface area contributed by atoms with Crippen LogP contribution in [0.2, 0.25) is 0 Å². The number of benzene rings is 3. The van der Waals surface area contributed by atoms with E-state index in [-0.39, 0.29) is 23.9 Å². The SMILES string of the molecule is CC(=O)c1ccc(-c2ncc(-c3ccc(C(C)=O)cc3)c(N(C)CCCOc3ccc4c(c3)CC[C@H]4CC(=O)O)n2)cc1. The molecule has 1 heterocycles. The van der Waals surface area contributed by atoms with Crippen molar-refractivity contribution in [3.63, 3.8) is 0 Å². The number of carboxylic acid groups (broad SMARTS) is 1. The molecule has 0 amide bonds. The standard InChI is InChI=1S/C35H35N3O5/c1-22(39)24-5-9-26(10-6-24)32-21-36-34(27-11-7-25(8-12-27)23(2)40)37-35(32)38(3)17-4-18-43-30-15-16-31-28(19-30)13-14-29(31)20-33(41)42/h5-12,15-16,19,21,29H,4,13-14,17-18,20H2,1-3H3,(H,41,42)/t29-/m0/s1. The first-order chi connectivity index (χ1) is 20.7. The average Bonchev–Trinajstić information content (AvgIpc) is 3.40. The quantitative estimate of drug-likeness (QED) is 0.148. The van der Waals surface area contributed by atoms with E-state index in [0.29, 0.717) is 30.1 Å². The molecule has 1 N–H and O–H groups in total. The Kier molecular flexibility index (Phi) is 8.95. The van der Waals surface area contributed by atoms with E-state index < -0.39 is 5.97 Å². The molecule has 0 aliphatic heterocycles. The molecule has 0 fully saturated rings. The molecule has 0 unspecified atom stereocenters. The Morgan fingerprint density at radius 2 is 1.58 bits per heavy atom. The van der Waals surface area contributed by atoms with Crippen molar-refractivity contribution in [2.75, 3.05) is 25.1 Å². The van der Waals surface area contributed by atoms with Gasteiger partial charge in [0.2, 0.25) is 0 Å². The van der Waals surface area contributed by atoms with Crippen LogP contribution < -0.4 is 9.64 Å². The molecule has 0 spiro atoms. The number of rotatable bonds is 12. The summed E-state index contributed by atoms with van der Waals surface area (Å²) >= 11 is 0. The second-order valence-electron chi connectivity index (χ2n) is 11.0. The highest BCUT2D eigenvalue weighted by molar-refractivity contribution is 5.95. The highest BCUT2D eigenvalue weighted by Gasteiger charge is 2.25. The Morgan fingerprint density at radius 3 is 2.21 bits per heavy atom. The zero-order chi connectivity index (χ0) is 30.5. The third kappa shape index (κ3) is 6.97. The van der Waals surface area contributed by atoms with Gasteiger partial charge in [0, 0.05) is 42.0 Å². The summed E-state index contributed by atoms with van der Waals surface area (Å²) in [4.78, 5) is 46.4. The van der Waals surface area contributed by atoms with Crippen molar-refractivity contribution in [3.8, 4) is 28.3 Å². The molecule has 4 aromatic rings. The van der Waals surface area contributed by atoms with Crippen LogP contribution >= 0.6 is 0 Å². The minimum Gasteiger partial charge on any atom is -0.494 e. The zero-order valence-corrected chi connectivity index (χ0v) is 24.7. The van der Waals surface area contributed by atoms with Crippen molar-refractivity contribution in [2.45, 2.75) is 45.4 Å². The molecule has 0 bridgehead atoms. The van der Waals surface area contributed by atoms with Crippen molar-refractivity contribution in [3.05, 3.63) is 95.2 Å². The normalized spacial score (nSPS) is 13.8. The number of fused-ring (bicyclic) bond motifs is 1. The lowest BCUT2D eigenvalue weighted by atomic mass is 9.98. The number of aromatic nitrogens is 2. The molecule has 3 aromatic carbocycles. The second-order valence-corrected chi connectivity index (χ2v) is 11.0. The van der Waals surface area contributed by atoms with E-state index >= 15 is 0 Å². The highest BCUT2D eigenvalue weighted by Crippen LogP contribution is 2.37. The van der Waals surface area contributed by atoms with Gasteiger partial charge in [-0.05, 0) is 67.9 Å². The molecule has 8 heteroatoms. The van der Waals surface area contributed by atoms with Crippen molar-refractivity contribution in [1.29, 1.82) is 0 Å². The summed E-state index contributed by atoms with van der Waals surface area (Å²) in [6.45, 7) is 4.26. The molecule has 1 aromatic heterocycles. The van der Waals surface area contributed by atoms with E-state index in [9.17, 15) is 19.5 Å². The van der Waals surface area contributed by atoms with Gasteiger partial charge in [-0.1, -0.05) is 54.6 Å². The number of nitrogens with zero attached hydrogens (tertiary/aromatic N) is 3. The molecular weight excluding hydrogens is 542 g/mol. The largest absolute Gasteiger partial charge is 0.494 e. The summed E-state index contributed by atoms with van der Waals surface area (Å²) in [6.07, 6.45) is 4.43. The van der Waals surface area contributed by atoms with Gasteiger partial charge >= 0.3 is 5.97 Å². The van der Waals surface area contributed by atoms with E-state index in [4.69, 9.17) is 9.72 Å². The predicted molar refractivity (Wildman–Crippen MR) is 166 cm³/mol. The molecular formula is C35H35N3O5. The third-order valence-electron chi connectivity index (χ3n) is 7.93. The number of ether oxygens (including phenoxy) is 1. The van der Waals surface area contributed by atoms with Gasteiger partial charge in [-0.25, -0.2) is 9.97 Å². The number of ketones is 2. The van der Waals surface area contributed by atoms with Gasteiger partial charge in [0.25, 0.3) is 0 Å². The fraction of sp³-hybridized carbons (Fsp3) is 0.286. The lowest BCUT2D eigenvalue weighted by molar-refractivity contribution is -0.137. The first kappa shape index (κ1) is 29.6. The summed E-state index contributed by atoms with van der Waals surface area (Å²) in [6, 6.07) is 20.7. The maximum Gasteiger partial charge on any atom is 0.303 e. The van der Waals surface area contributed by atoms with Gasteiger partial charge in [0.15, 0.2) is 17.4 Å². The molecule has 0 radical (unpaired) electrons. The monoisotopic (exact) mass is 577 g/mol. The number of carboxylic acids is 1. The average molecular weight is 578 g/mol. The van der Waals surface area contributed by atoms with Crippen molar-refractivity contribution >= 4 is 23.4 Å². The number of carbonyl (C=O) groups is 3. The summed E-state index contributed by atoms with van der Waals surface area (Å²) in [5.74, 6) is 1.42. The van der Waals surface area contributed by atoms with Crippen LogP contribution in [-0.2, 0) is 11.2 Å². The highest BCUT2D eigenvalue weighted by atomic mass is 16.5. The fourth-order valence-corrected chi connectivity index (χ4v) is 5.54. The number of carbonyl (C=O) groups excluding carboxylic acids is 2. The predicted octanol–water partition coefficient (Wildman–Crippen LogP) is 6.63. The molecule has 8 nitrogen and oxygen atoms in total. The Labute approximate surface area is 251 Å². The Bertz CT molecular complexity index is 1650. The molecule has 220 valence electrons. The van der Waals surface area contributed by atoms with Crippen LogP contribution in [0.5, 0.6) is 5.75 Å². The van der Waals surface area contributed by atoms with E-state index in [1.165, 1.54) is 12.5 Å². The lowest BCUT2D eigenvalue weighted by Gasteiger charge is -2.22. The number of anilines is 1. The molecule has 1 aliphatic carbocycles. The van der Waals surface area contributed by atoms with E-state index in [1.807, 2.05) is 61.6 Å². The van der Waals surface area contributed by atoms with Gasteiger partial charge in [0.05, 0.1) is 13.0 Å². The van der Waals surface area contributed by atoms with E-state index in [2.05, 4.69) is 9.88 Å². The zero-order valence-electron chi connectivity index (χ0n) is 24.7. The Morgan fingerprint density at radius 1 is 0.930 bits per heavy atom. The van der Waals surface area contributed by atoms with Crippen molar-refractivity contribution in [2.24, 2.45) is 0 Å². The molecule has 0 saturated heterocycles. The van der Waals surface area contributed by atoms with E-state index in [1.54, 1.807) is 25.3 Å². The van der Waals surface area contributed by atoms with Gasteiger partial charge in [-0.2, -0.15) is 0 Å².